The summed E-state index contributed by atoms with van der Waals surface area (Å²) in [5.74, 6) is -0.290. The first kappa shape index (κ1) is 19.7. The lowest BCUT2D eigenvalue weighted by molar-refractivity contribution is -0.0669. The minimum atomic E-state index is -0.336. The van der Waals surface area contributed by atoms with Gasteiger partial charge in [-0.3, -0.25) is 0 Å². The van der Waals surface area contributed by atoms with Gasteiger partial charge in [-0.05, 0) is 53.2 Å². The molecule has 0 bridgehead atoms. The van der Waals surface area contributed by atoms with E-state index in [1.165, 1.54) is 0 Å². The molecule has 4 nitrogen and oxygen atoms in total. The molecule has 0 aliphatic carbocycles. The Labute approximate surface area is 140 Å². The summed E-state index contributed by atoms with van der Waals surface area (Å²) >= 11 is 0. The van der Waals surface area contributed by atoms with E-state index in [9.17, 15) is 4.79 Å². The highest BCUT2D eigenvalue weighted by atomic mass is 16.5. The largest absolute Gasteiger partial charge is 0.462 e. The third-order valence-corrected chi connectivity index (χ3v) is 3.97. The van der Waals surface area contributed by atoms with Crippen LogP contribution in [-0.2, 0) is 14.2 Å². The highest BCUT2D eigenvalue weighted by molar-refractivity contribution is 5.89. The zero-order chi connectivity index (χ0) is 17.5. The molecule has 0 saturated carbocycles. The van der Waals surface area contributed by atoms with Crippen molar-refractivity contribution < 1.29 is 19.0 Å². The highest BCUT2D eigenvalue weighted by Crippen LogP contribution is 2.19. The lowest BCUT2D eigenvalue weighted by Gasteiger charge is -2.28. The number of rotatable bonds is 9. The summed E-state index contributed by atoms with van der Waals surface area (Å²) in [7, 11) is 1.70. The Morgan fingerprint density at radius 1 is 0.957 bits per heavy atom. The first-order valence-corrected chi connectivity index (χ1v) is 8.08. The summed E-state index contributed by atoms with van der Waals surface area (Å²) in [6.07, 6.45) is 1.47. The Hall–Kier alpha value is -1.39. The molecule has 0 N–H and O–H groups in total. The van der Waals surface area contributed by atoms with Crippen LogP contribution in [0.25, 0.3) is 0 Å². The quantitative estimate of drug-likeness (QED) is 0.641. The zero-order valence-corrected chi connectivity index (χ0v) is 15.3. The minimum Gasteiger partial charge on any atom is -0.462 e. The maximum absolute atomic E-state index is 11.9. The molecule has 1 aromatic rings. The average molecular weight is 322 g/mol. The SMILES string of the molecule is COC(C)(C)CCOC(C)(C)CCOC(=O)c1ccc(C)cc1. The van der Waals surface area contributed by atoms with Crippen molar-refractivity contribution in [3.63, 3.8) is 0 Å². The number of ether oxygens (including phenoxy) is 3. The Bertz CT molecular complexity index is 489. The summed E-state index contributed by atoms with van der Waals surface area (Å²) in [4.78, 5) is 11.9. The second-order valence-electron chi connectivity index (χ2n) is 7.07. The summed E-state index contributed by atoms with van der Waals surface area (Å²) in [5, 5.41) is 0. The number of benzene rings is 1. The molecule has 4 heteroatoms. The maximum atomic E-state index is 11.9. The monoisotopic (exact) mass is 322 g/mol. The number of hydrogen-bond acceptors (Lipinski definition) is 4. The highest BCUT2D eigenvalue weighted by Gasteiger charge is 2.22. The van der Waals surface area contributed by atoms with Gasteiger partial charge in [0.15, 0.2) is 0 Å². The molecule has 0 aliphatic rings. The van der Waals surface area contributed by atoms with E-state index in [4.69, 9.17) is 14.2 Å². The Balaban J connectivity index is 2.32. The summed E-state index contributed by atoms with van der Waals surface area (Å²) in [5.41, 5.74) is 1.18. The van der Waals surface area contributed by atoms with E-state index in [2.05, 4.69) is 0 Å². The lowest BCUT2D eigenvalue weighted by atomic mass is 10.0. The fourth-order valence-electron chi connectivity index (χ4n) is 1.91. The van der Waals surface area contributed by atoms with Crippen molar-refractivity contribution in [3.8, 4) is 0 Å². The van der Waals surface area contributed by atoms with E-state index in [1.807, 2.05) is 46.8 Å². The Morgan fingerprint density at radius 3 is 2.09 bits per heavy atom. The second kappa shape index (κ2) is 8.46. The van der Waals surface area contributed by atoms with Crippen molar-refractivity contribution >= 4 is 5.97 Å². The van der Waals surface area contributed by atoms with Crippen molar-refractivity contribution in [2.75, 3.05) is 20.3 Å². The summed E-state index contributed by atoms with van der Waals surface area (Å²) in [6, 6.07) is 7.38. The number of hydrogen-bond donors (Lipinski definition) is 0. The third-order valence-electron chi connectivity index (χ3n) is 3.97. The standard InChI is InChI=1S/C19H30O4/c1-15-7-9-16(10-8-15)17(20)22-13-11-19(4,5)23-14-12-18(2,3)21-6/h7-10H,11-14H2,1-6H3. The molecule has 0 fully saturated rings. The average Bonchev–Trinajstić information content (AvgIpc) is 2.47. The van der Waals surface area contributed by atoms with Crippen LogP contribution >= 0.6 is 0 Å². The predicted octanol–water partition coefficient (Wildman–Crippen LogP) is 4.15. The van der Waals surface area contributed by atoms with E-state index in [1.54, 1.807) is 19.2 Å². The lowest BCUT2D eigenvalue weighted by Crippen LogP contribution is -2.31. The fraction of sp³-hybridized carbons (Fsp3) is 0.632. The van der Waals surface area contributed by atoms with Crippen LogP contribution in [-0.4, -0.2) is 37.5 Å². The maximum Gasteiger partial charge on any atom is 0.338 e. The molecule has 1 rings (SSSR count). The van der Waals surface area contributed by atoms with Crippen molar-refractivity contribution in [1.29, 1.82) is 0 Å². The van der Waals surface area contributed by atoms with Crippen LogP contribution in [0.3, 0.4) is 0 Å². The van der Waals surface area contributed by atoms with E-state index in [0.717, 1.165) is 12.0 Å². The minimum absolute atomic E-state index is 0.187. The van der Waals surface area contributed by atoms with Gasteiger partial charge in [0.05, 0.1) is 30.0 Å². The van der Waals surface area contributed by atoms with Crippen LogP contribution < -0.4 is 0 Å². The van der Waals surface area contributed by atoms with Crippen LogP contribution in [0.1, 0.15) is 56.5 Å². The van der Waals surface area contributed by atoms with Crippen molar-refractivity contribution in [1.82, 2.24) is 0 Å². The number of carbonyl (C=O) groups is 1. The number of carbonyl (C=O) groups excluding carboxylic acids is 1. The van der Waals surface area contributed by atoms with Gasteiger partial charge in [0.2, 0.25) is 0 Å². The molecular formula is C19H30O4. The molecule has 1 aromatic carbocycles. The van der Waals surface area contributed by atoms with Crippen LogP contribution in [0, 0.1) is 6.92 Å². The van der Waals surface area contributed by atoms with Crippen molar-refractivity contribution in [2.24, 2.45) is 0 Å². The fourth-order valence-corrected chi connectivity index (χ4v) is 1.91. The van der Waals surface area contributed by atoms with E-state index in [-0.39, 0.29) is 17.2 Å². The van der Waals surface area contributed by atoms with Crippen LogP contribution in [0.15, 0.2) is 24.3 Å². The van der Waals surface area contributed by atoms with Gasteiger partial charge in [-0.2, -0.15) is 0 Å². The Morgan fingerprint density at radius 2 is 1.52 bits per heavy atom. The first-order valence-electron chi connectivity index (χ1n) is 8.08. The van der Waals surface area contributed by atoms with Crippen LogP contribution in [0.2, 0.25) is 0 Å². The third kappa shape index (κ3) is 7.62. The van der Waals surface area contributed by atoms with Gasteiger partial charge in [-0.1, -0.05) is 17.7 Å². The molecule has 0 atom stereocenters. The van der Waals surface area contributed by atoms with Gasteiger partial charge >= 0.3 is 5.97 Å². The molecular weight excluding hydrogens is 292 g/mol. The number of methoxy groups -OCH3 is 1. The molecule has 0 radical (unpaired) electrons. The van der Waals surface area contributed by atoms with Crippen LogP contribution in [0.5, 0.6) is 0 Å². The number of aryl methyl sites for hydroxylation is 1. The van der Waals surface area contributed by atoms with Gasteiger partial charge in [-0.15, -0.1) is 0 Å². The van der Waals surface area contributed by atoms with Crippen molar-refractivity contribution in [2.45, 2.75) is 58.7 Å². The van der Waals surface area contributed by atoms with Crippen molar-refractivity contribution in [3.05, 3.63) is 35.4 Å². The van der Waals surface area contributed by atoms with Crippen LogP contribution in [0.4, 0.5) is 0 Å². The molecule has 0 spiro atoms. The molecule has 0 heterocycles. The van der Waals surface area contributed by atoms with E-state index < -0.39 is 0 Å². The molecule has 0 unspecified atom stereocenters. The normalized spacial score (nSPS) is 12.3. The van der Waals surface area contributed by atoms with E-state index in [0.29, 0.717) is 25.2 Å². The zero-order valence-electron chi connectivity index (χ0n) is 15.3. The molecule has 23 heavy (non-hydrogen) atoms. The van der Waals surface area contributed by atoms with E-state index >= 15 is 0 Å². The first-order chi connectivity index (χ1) is 10.7. The van der Waals surface area contributed by atoms with Gasteiger partial charge in [-0.25, -0.2) is 4.79 Å². The smallest absolute Gasteiger partial charge is 0.338 e. The molecule has 0 aromatic heterocycles. The predicted molar refractivity (Wildman–Crippen MR) is 91.8 cm³/mol. The van der Waals surface area contributed by atoms with Gasteiger partial charge < -0.3 is 14.2 Å². The number of esters is 1. The van der Waals surface area contributed by atoms with Gasteiger partial charge in [0.1, 0.15) is 0 Å². The second-order valence-corrected chi connectivity index (χ2v) is 7.07. The summed E-state index contributed by atoms with van der Waals surface area (Å²) < 4.78 is 16.6. The topological polar surface area (TPSA) is 44.8 Å². The molecule has 130 valence electrons. The Kier molecular flexibility index (Phi) is 7.23. The van der Waals surface area contributed by atoms with Gasteiger partial charge in [0, 0.05) is 13.5 Å². The molecule has 0 amide bonds. The molecule has 0 saturated heterocycles. The molecule has 0 aliphatic heterocycles. The summed E-state index contributed by atoms with van der Waals surface area (Å²) in [6.45, 7) is 11.0. The van der Waals surface area contributed by atoms with Gasteiger partial charge in [0.25, 0.3) is 0 Å².